The number of rotatable bonds is 2. The summed E-state index contributed by atoms with van der Waals surface area (Å²) >= 11 is 7.76. The van der Waals surface area contributed by atoms with E-state index in [2.05, 4.69) is 35.8 Å². The topological polar surface area (TPSA) is 52.1 Å². The molecule has 0 spiro atoms. The number of nitrogens with zero attached hydrogens (tertiary/aromatic N) is 2. The normalized spacial score (nSPS) is 10.4. The van der Waals surface area contributed by atoms with Crippen LogP contribution < -0.4 is 0 Å². The Balaban J connectivity index is 0.000000343. The molecule has 0 radical (unpaired) electrons. The van der Waals surface area contributed by atoms with E-state index in [1.807, 2.05) is 49.6 Å². The molecule has 0 N–H and O–H groups in total. The lowest BCUT2D eigenvalue weighted by Gasteiger charge is -2.13. The van der Waals surface area contributed by atoms with E-state index in [-0.39, 0.29) is 5.97 Å². The molecule has 0 aliphatic carbocycles. The Hall–Kier alpha value is -2.25. The first-order valence-electron chi connectivity index (χ1n) is 9.15. The number of carbonyl (C=O) groups excluding carboxylic acids is 1. The summed E-state index contributed by atoms with van der Waals surface area (Å²) in [6, 6.07) is 9.78. The number of methoxy groups -OCH3 is 1. The van der Waals surface area contributed by atoms with Crippen LogP contribution in [0.4, 0.5) is 0 Å². The van der Waals surface area contributed by atoms with Crippen molar-refractivity contribution in [3.8, 4) is 23.1 Å². The highest BCUT2D eigenvalue weighted by Gasteiger charge is 2.21. The second-order valence-corrected chi connectivity index (χ2v) is 9.97. The zero-order chi connectivity index (χ0) is 22.3. The molecule has 7 heteroatoms. The second kappa shape index (κ2) is 10.7. The molecule has 4 nitrogen and oxygen atoms in total. The summed E-state index contributed by atoms with van der Waals surface area (Å²) in [5, 5.41) is 3.30. The van der Waals surface area contributed by atoms with Crippen LogP contribution in [-0.2, 0) is 9.53 Å². The summed E-state index contributed by atoms with van der Waals surface area (Å²) in [6.07, 6.45) is 1.78. The van der Waals surface area contributed by atoms with Crippen molar-refractivity contribution in [2.75, 3.05) is 7.11 Å². The Labute approximate surface area is 189 Å². The Morgan fingerprint density at radius 1 is 1.20 bits per heavy atom. The minimum absolute atomic E-state index is 0.206. The van der Waals surface area contributed by atoms with E-state index in [1.165, 1.54) is 7.11 Å². The first-order valence-corrected chi connectivity index (χ1v) is 11.0. The van der Waals surface area contributed by atoms with Gasteiger partial charge in [0.05, 0.1) is 23.0 Å². The van der Waals surface area contributed by atoms with Crippen LogP contribution in [0, 0.1) is 25.7 Å². The average Bonchev–Trinajstić information content (AvgIpc) is 3.13. The zero-order valence-electron chi connectivity index (χ0n) is 17.6. The van der Waals surface area contributed by atoms with Gasteiger partial charge in [-0.15, -0.1) is 20.6 Å². The zero-order valence-corrected chi connectivity index (χ0v) is 20.3. The fourth-order valence-corrected chi connectivity index (χ4v) is 3.17. The summed E-state index contributed by atoms with van der Waals surface area (Å²) in [7, 11) is 3.78. The molecule has 1 atom stereocenters. The number of ether oxygens (including phenoxy) is 1. The number of benzene rings is 1. The Bertz CT molecular complexity index is 1080. The molecular formula is C23H24ClN2O2PS. The van der Waals surface area contributed by atoms with Gasteiger partial charge < -0.3 is 4.74 Å². The van der Waals surface area contributed by atoms with E-state index in [9.17, 15) is 4.79 Å². The quantitative estimate of drug-likeness (QED) is 0.281. The fraction of sp³-hybridized carbons (Fsp3) is 0.261. The van der Waals surface area contributed by atoms with Gasteiger partial charge in [-0.25, -0.2) is 4.98 Å². The minimum atomic E-state index is -0.436. The van der Waals surface area contributed by atoms with E-state index < -0.39 is 5.16 Å². The number of hydrogen-bond donors (Lipinski definition) is 0. The maximum absolute atomic E-state index is 10.6. The molecule has 30 heavy (non-hydrogen) atoms. The second-order valence-electron chi connectivity index (χ2n) is 7.06. The molecule has 0 aliphatic rings. The van der Waals surface area contributed by atoms with Gasteiger partial charge in [0.25, 0.3) is 0 Å². The van der Waals surface area contributed by atoms with Gasteiger partial charge in [0, 0.05) is 27.7 Å². The van der Waals surface area contributed by atoms with Gasteiger partial charge in [-0.1, -0.05) is 29.7 Å². The largest absolute Gasteiger partial charge is 0.468 e. The third-order valence-electron chi connectivity index (χ3n) is 3.97. The van der Waals surface area contributed by atoms with Crippen LogP contribution in [0.5, 0.6) is 0 Å². The van der Waals surface area contributed by atoms with Gasteiger partial charge in [-0.05, 0) is 57.4 Å². The molecule has 2 heterocycles. The van der Waals surface area contributed by atoms with E-state index in [0.717, 1.165) is 38.1 Å². The van der Waals surface area contributed by atoms with Crippen LogP contribution in [0.25, 0.3) is 11.3 Å². The predicted molar refractivity (Wildman–Crippen MR) is 128 cm³/mol. The van der Waals surface area contributed by atoms with Crippen LogP contribution in [0.15, 0.2) is 41.9 Å². The Morgan fingerprint density at radius 2 is 1.93 bits per heavy atom. The van der Waals surface area contributed by atoms with E-state index in [1.54, 1.807) is 31.4 Å². The summed E-state index contributed by atoms with van der Waals surface area (Å²) < 4.78 is 4.45. The highest BCUT2D eigenvalue weighted by Crippen LogP contribution is 2.26. The number of aryl methyl sites for hydroxylation is 1. The first kappa shape index (κ1) is 24.0. The molecule has 3 rings (SSSR count). The van der Waals surface area contributed by atoms with E-state index >= 15 is 0 Å². The average molecular weight is 459 g/mol. The highest BCUT2D eigenvalue weighted by atomic mass is 35.5. The number of esters is 1. The van der Waals surface area contributed by atoms with Crippen molar-refractivity contribution in [3.05, 3.63) is 68.8 Å². The smallest absolute Gasteiger partial charge is 0.315 e. The molecule has 0 bridgehead atoms. The third kappa shape index (κ3) is 6.92. The summed E-state index contributed by atoms with van der Waals surface area (Å²) in [5.41, 5.74) is 4.65. The Morgan fingerprint density at radius 3 is 2.43 bits per heavy atom. The lowest BCUT2D eigenvalue weighted by Crippen LogP contribution is -2.24. The van der Waals surface area contributed by atoms with E-state index in [0.29, 0.717) is 0 Å². The number of aromatic nitrogens is 2. The summed E-state index contributed by atoms with van der Waals surface area (Å²) in [6.45, 7) is 7.53. The molecule has 1 unspecified atom stereocenters. The van der Waals surface area contributed by atoms with E-state index in [4.69, 9.17) is 11.6 Å². The number of hydrogen-bond acceptors (Lipinski definition) is 5. The molecule has 156 valence electrons. The molecule has 2 aromatic heterocycles. The predicted octanol–water partition coefficient (Wildman–Crippen LogP) is 5.69. The van der Waals surface area contributed by atoms with Gasteiger partial charge >= 0.3 is 5.97 Å². The molecule has 0 saturated heterocycles. The van der Waals surface area contributed by atoms with Crippen molar-refractivity contribution < 1.29 is 9.53 Å². The SMILES string of the molecule is COC(=O)C(C)(C)P.Cc1nc(C#Cc2ccc(-c3cccc(Cl)c3C)nc2)cs1. The van der Waals surface area contributed by atoms with Crippen molar-refractivity contribution in [1.29, 1.82) is 0 Å². The number of carbonyl (C=O) groups is 1. The maximum Gasteiger partial charge on any atom is 0.315 e. The number of halogens is 1. The van der Waals surface area contributed by atoms with Crippen molar-refractivity contribution in [1.82, 2.24) is 9.97 Å². The molecule has 1 aromatic carbocycles. The van der Waals surface area contributed by atoms with Crippen LogP contribution in [0.2, 0.25) is 5.02 Å². The maximum atomic E-state index is 10.6. The van der Waals surface area contributed by atoms with Crippen LogP contribution >= 0.6 is 32.2 Å². The summed E-state index contributed by atoms with van der Waals surface area (Å²) in [4.78, 5) is 19.4. The molecular weight excluding hydrogens is 435 g/mol. The lowest BCUT2D eigenvalue weighted by atomic mass is 10.0. The van der Waals surface area contributed by atoms with Crippen molar-refractivity contribution in [2.24, 2.45) is 0 Å². The van der Waals surface area contributed by atoms with Crippen molar-refractivity contribution in [2.45, 2.75) is 32.9 Å². The van der Waals surface area contributed by atoms with Gasteiger partial charge in [0.1, 0.15) is 5.69 Å². The summed E-state index contributed by atoms with van der Waals surface area (Å²) in [5.74, 6) is 5.93. The van der Waals surface area contributed by atoms with Gasteiger partial charge in [0.15, 0.2) is 0 Å². The van der Waals surface area contributed by atoms with Crippen LogP contribution in [0.1, 0.15) is 35.7 Å². The molecule has 0 aliphatic heterocycles. The van der Waals surface area contributed by atoms with Gasteiger partial charge in [-0.2, -0.15) is 0 Å². The van der Waals surface area contributed by atoms with Crippen molar-refractivity contribution >= 4 is 38.1 Å². The minimum Gasteiger partial charge on any atom is -0.468 e. The molecule has 0 amide bonds. The number of thiazole rings is 1. The van der Waals surface area contributed by atoms with Gasteiger partial charge in [-0.3, -0.25) is 9.78 Å². The van der Waals surface area contributed by atoms with Crippen molar-refractivity contribution in [3.63, 3.8) is 0 Å². The van der Waals surface area contributed by atoms with Crippen LogP contribution in [-0.4, -0.2) is 28.2 Å². The molecule has 0 fully saturated rings. The lowest BCUT2D eigenvalue weighted by molar-refractivity contribution is -0.142. The van der Waals surface area contributed by atoms with Crippen LogP contribution in [0.3, 0.4) is 0 Å². The van der Waals surface area contributed by atoms with Gasteiger partial charge in [0.2, 0.25) is 0 Å². The Kier molecular flexibility index (Phi) is 8.55. The molecule has 3 aromatic rings. The first-order chi connectivity index (χ1) is 14.1. The number of pyridine rings is 1. The highest BCUT2D eigenvalue weighted by molar-refractivity contribution is 7.20. The molecule has 0 saturated carbocycles. The third-order valence-corrected chi connectivity index (χ3v) is 5.39. The standard InChI is InChI=1S/C18H13ClN2S.C5H11O2P/c1-12-16(4-3-5-17(12)19)18-9-7-14(10-20-18)6-8-15-11-22-13(2)21-15;1-5(2,8)4(6)7-3/h3-5,7,9-11H,1-2H3;8H2,1-3H3. The fourth-order valence-electron chi connectivity index (χ4n) is 2.33. The monoisotopic (exact) mass is 458 g/mol.